The van der Waals surface area contributed by atoms with Crippen LogP contribution in [0.2, 0.25) is 0 Å². The minimum atomic E-state index is -4.86. The number of benzene rings is 1. The highest BCUT2D eigenvalue weighted by molar-refractivity contribution is 7.90. The highest BCUT2D eigenvalue weighted by atomic mass is 32.2. The predicted molar refractivity (Wildman–Crippen MR) is 199 cm³/mol. The maximum absolute atomic E-state index is 14.7. The van der Waals surface area contributed by atoms with E-state index in [0.717, 1.165) is 13.8 Å². The van der Waals surface area contributed by atoms with E-state index in [-0.39, 0.29) is 37.6 Å². The van der Waals surface area contributed by atoms with Crippen LogP contribution in [-0.2, 0) is 33.9 Å². The molecule has 2 saturated carbocycles. The van der Waals surface area contributed by atoms with Crippen molar-refractivity contribution in [3.05, 3.63) is 42.6 Å². The van der Waals surface area contributed by atoms with Gasteiger partial charge in [-0.05, 0) is 69.8 Å². The first kappa shape index (κ1) is 41.4. The van der Waals surface area contributed by atoms with Crippen LogP contribution in [0, 0.1) is 29.1 Å². The summed E-state index contributed by atoms with van der Waals surface area (Å²) < 4.78 is 86.0. The zero-order chi connectivity index (χ0) is 40.8. The van der Waals surface area contributed by atoms with Gasteiger partial charge in [0.1, 0.15) is 11.9 Å². The third kappa shape index (κ3) is 8.69. The molecular formula is C40H50F3N3O9S. The molecule has 0 radical (unpaired) electrons. The summed E-state index contributed by atoms with van der Waals surface area (Å²) in [6.45, 7) is 5.08. The van der Waals surface area contributed by atoms with Gasteiger partial charge in [0.15, 0.2) is 5.78 Å². The normalized spacial score (nSPS) is 29.7. The minimum Gasteiger partial charge on any atom is -0.494 e. The quantitative estimate of drug-likeness (QED) is 0.233. The molecule has 2 aliphatic carbocycles. The van der Waals surface area contributed by atoms with Gasteiger partial charge < -0.3 is 19.1 Å². The number of carbonyl (C=O) groups is 4. The smallest absolute Gasteiger partial charge is 0.427 e. The first-order valence-electron chi connectivity index (χ1n) is 19.2. The van der Waals surface area contributed by atoms with Crippen LogP contribution in [0.1, 0.15) is 85.5 Å². The van der Waals surface area contributed by atoms with Gasteiger partial charge in [0.05, 0.1) is 48.9 Å². The molecule has 1 aromatic carbocycles. The zero-order valence-electron chi connectivity index (χ0n) is 32.3. The van der Waals surface area contributed by atoms with E-state index in [0.29, 0.717) is 48.6 Å². The average Bonchev–Trinajstić information content (AvgIpc) is 4.05. The fraction of sp³-hybridized carbons (Fsp3) is 0.625. The van der Waals surface area contributed by atoms with E-state index in [1.807, 2.05) is 31.2 Å². The van der Waals surface area contributed by atoms with E-state index in [2.05, 4.69) is 9.71 Å². The van der Waals surface area contributed by atoms with Crippen LogP contribution in [0.25, 0.3) is 10.8 Å². The molecule has 3 fully saturated rings. The Morgan fingerprint density at radius 3 is 2.39 bits per heavy atom. The van der Waals surface area contributed by atoms with Crippen molar-refractivity contribution in [2.75, 3.05) is 13.7 Å². The molecule has 0 spiro atoms. The van der Waals surface area contributed by atoms with Gasteiger partial charge in [0.2, 0.25) is 33.3 Å². The molecule has 16 heteroatoms. The number of Topliss-reactive ketones (excluding diaryl/α,β-unsaturated/α-hetero) is 1. The number of nitrogens with zero attached hydrogens (tertiary/aromatic N) is 2. The molecule has 2 aromatic rings. The highest BCUT2D eigenvalue weighted by Gasteiger charge is 2.62. The van der Waals surface area contributed by atoms with Crippen molar-refractivity contribution in [3.8, 4) is 11.6 Å². The number of pyridine rings is 1. The lowest BCUT2D eigenvalue weighted by atomic mass is 9.84. The molecule has 2 aliphatic heterocycles. The summed E-state index contributed by atoms with van der Waals surface area (Å²) in [6, 6.07) is 6.07. The van der Waals surface area contributed by atoms with Crippen molar-refractivity contribution in [2.24, 2.45) is 29.1 Å². The van der Waals surface area contributed by atoms with E-state index in [1.54, 1.807) is 19.1 Å². The molecule has 7 atom stereocenters. The number of carbonyl (C=O) groups excluding carboxylic acids is 4. The molecule has 306 valence electrons. The van der Waals surface area contributed by atoms with Crippen molar-refractivity contribution in [3.63, 3.8) is 0 Å². The van der Waals surface area contributed by atoms with Gasteiger partial charge in [-0.2, -0.15) is 13.2 Å². The monoisotopic (exact) mass is 805 g/mol. The van der Waals surface area contributed by atoms with Crippen LogP contribution in [0.3, 0.4) is 0 Å². The lowest BCUT2D eigenvalue weighted by Gasteiger charge is -2.32. The summed E-state index contributed by atoms with van der Waals surface area (Å²) in [6.07, 6.45) is 1.46. The Morgan fingerprint density at radius 2 is 1.73 bits per heavy atom. The summed E-state index contributed by atoms with van der Waals surface area (Å²) in [5, 5.41) is 0.666. The fourth-order valence-corrected chi connectivity index (χ4v) is 9.32. The minimum absolute atomic E-state index is 0.0190. The topological polar surface area (TPSA) is 158 Å². The Balaban J connectivity index is 1.35. The van der Waals surface area contributed by atoms with E-state index in [9.17, 15) is 40.8 Å². The van der Waals surface area contributed by atoms with Crippen molar-refractivity contribution >= 4 is 44.4 Å². The number of alkyl halides is 3. The third-order valence-electron chi connectivity index (χ3n) is 11.8. The maximum atomic E-state index is 14.7. The van der Waals surface area contributed by atoms with Crippen molar-refractivity contribution in [1.29, 1.82) is 0 Å². The van der Waals surface area contributed by atoms with Crippen LogP contribution < -0.4 is 14.2 Å². The summed E-state index contributed by atoms with van der Waals surface area (Å²) in [5.41, 5.74) is -4.17. The van der Waals surface area contributed by atoms with Crippen LogP contribution in [0.15, 0.2) is 42.6 Å². The van der Waals surface area contributed by atoms with Crippen LogP contribution in [0.4, 0.5) is 13.2 Å². The Labute approximate surface area is 324 Å². The van der Waals surface area contributed by atoms with Crippen molar-refractivity contribution < 1.29 is 55.0 Å². The number of esters is 1. The molecular weight excluding hydrogens is 756 g/mol. The molecule has 2 amide bonds. The number of nitrogens with one attached hydrogen (secondary N) is 1. The van der Waals surface area contributed by atoms with Gasteiger partial charge in [0.25, 0.3) is 0 Å². The largest absolute Gasteiger partial charge is 0.494 e. The Hall–Kier alpha value is -4.21. The number of allylic oxidation sites excluding steroid dienone is 2. The molecule has 3 heterocycles. The fourth-order valence-electron chi connectivity index (χ4n) is 7.93. The van der Waals surface area contributed by atoms with E-state index >= 15 is 0 Å². The van der Waals surface area contributed by atoms with Gasteiger partial charge in [0, 0.05) is 23.6 Å². The van der Waals surface area contributed by atoms with E-state index in [1.165, 1.54) is 18.2 Å². The molecule has 0 unspecified atom stereocenters. The second-order valence-electron chi connectivity index (χ2n) is 16.5. The van der Waals surface area contributed by atoms with Crippen LogP contribution in [0.5, 0.6) is 11.6 Å². The number of sulfonamides is 1. The predicted octanol–water partition coefficient (Wildman–Crippen LogP) is 6.07. The highest BCUT2D eigenvalue weighted by Crippen LogP contribution is 2.57. The number of hydrogen-bond donors (Lipinski definition) is 1. The van der Waals surface area contributed by atoms with Crippen molar-refractivity contribution in [1.82, 2.24) is 14.6 Å². The maximum Gasteiger partial charge on any atom is 0.427 e. The summed E-state index contributed by atoms with van der Waals surface area (Å²) in [7, 11) is -2.42. The molecule has 4 aliphatic rings. The van der Waals surface area contributed by atoms with Crippen LogP contribution >= 0.6 is 0 Å². The van der Waals surface area contributed by atoms with Gasteiger partial charge >= 0.3 is 12.1 Å². The third-order valence-corrected chi connectivity index (χ3v) is 13.7. The number of ketones is 1. The molecule has 56 heavy (non-hydrogen) atoms. The van der Waals surface area contributed by atoms with E-state index < -0.39 is 92.4 Å². The number of methoxy groups -OCH3 is 1. The first-order valence-corrected chi connectivity index (χ1v) is 20.8. The van der Waals surface area contributed by atoms with Gasteiger partial charge in [-0.15, -0.1) is 0 Å². The molecule has 1 saturated heterocycles. The number of halogens is 3. The Kier molecular flexibility index (Phi) is 11.6. The molecule has 1 aromatic heterocycles. The lowest BCUT2D eigenvalue weighted by Crippen LogP contribution is -2.48. The van der Waals surface area contributed by atoms with Gasteiger partial charge in [-0.1, -0.05) is 50.6 Å². The second kappa shape index (κ2) is 15.6. The second-order valence-corrected chi connectivity index (χ2v) is 18.5. The van der Waals surface area contributed by atoms with Crippen molar-refractivity contribution in [2.45, 2.75) is 115 Å². The summed E-state index contributed by atoms with van der Waals surface area (Å²) >= 11 is 0. The molecule has 1 N–H and O–H groups in total. The number of fused-ring (bicyclic) bond motifs is 3. The van der Waals surface area contributed by atoms with E-state index in [4.69, 9.17) is 14.2 Å². The van der Waals surface area contributed by atoms with Gasteiger partial charge in [-0.25, -0.2) is 13.4 Å². The van der Waals surface area contributed by atoms with Gasteiger partial charge in [-0.3, -0.25) is 23.9 Å². The Morgan fingerprint density at radius 1 is 1.04 bits per heavy atom. The number of amides is 2. The molecule has 6 rings (SSSR count). The summed E-state index contributed by atoms with van der Waals surface area (Å²) in [4.78, 5) is 62.1. The average molecular weight is 806 g/mol. The molecule has 12 nitrogen and oxygen atoms in total. The van der Waals surface area contributed by atoms with Crippen LogP contribution in [-0.4, -0.2) is 84.7 Å². The first-order chi connectivity index (χ1) is 26.3. The number of ether oxygens (including phenoxy) is 3. The summed E-state index contributed by atoms with van der Waals surface area (Å²) in [5.74, 6) is -4.40. The zero-order valence-corrected chi connectivity index (χ0v) is 33.1. The lowest BCUT2D eigenvalue weighted by molar-refractivity contribution is -0.257. The SMILES string of the molecule is COc1cnc(O[C@@H]2C[C@H]3C(=O)C[C@]4(C(=O)NS(=O)(=O)C5CC5)C[C@H]4/C=C\[C@H](C)CCC[C@@H](C)[C@H](CC(=O)OC(C)(C)C(F)(F)F)C(=O)N3C2)c2ccccc12. The molecule has 0 bridgehead atoms. The Bertz CT molecular complexity index is 2000. The number of rotatable bonds is 9. The standard InChI is InChI=1S/C40H50F3N3O9S/c1-23-9-8-10-24(2)30(18-34(48)55-38(3,4)40(41,42)43)36(49)46-22-26(54-35-29-12-7-6-11-28(29)33(53-5)21-44-35)17-31(46)32(47)20-39(19-25(39)14-13-23)37(50)45-56(51,52)27-15-16-27/h6-7,11-14,21,23-27,30-31H,8-10,15-20,22H2,1-5H3,(H,45,50)/b14-13-/t23-,24-,25-,26-,30+,31+,39-/m1/s1. The number of hydrogen-bond acceptors (Lipinski definition) is 10. The number of aromatic nitrogens is 1.